The van der Waals surface area contributed by atoms with Crippen molar-refractivity contribution < 1.29 is 13.9 Å². The van der Waals surface area contributed by atoms with Crippen molar-refractivity contribution in [2.24, 2.45) is 0 Å². The zero-order valence-electron chi connectivity index (χ0n) is 19.1. The van der Waals surface area contributed by atoms with Crippen molar-refractivity contribution in [3.05, 3.63) is 59.7 Å². The second-order valence-electron chi connectivity index (χ2n) is 8.38. The molecule has 1 aromatic heterocycles. The number of anilines is 3. The molecule has 0 spiro atoms. The molecule has 0 atom stereocenters. The number of rotatable bonds is 8. The SMILES string of the molecule is CN(C)C(=O)C=CCNc1cc2c(Nc3ccc(F)c(Cl)c3)ncnc2cc1OC1CCCC1. The topological polar surface area (TPSA) is 79.4 Å². The van der Waals surface area contributed by atoms with Crippen molar-refractivity contribution in [2.45, 2.75) is 31.8 Å². The van der Waals surface area contributed by atoms with Crippen LogP contribution in [0.3, 0.4) is 0 Å². The van der Waals surface area contributed by atoms with Gasteiger partial charge in [-0.3, -0.25) is 4.79 Å². The van der Waals surface area contributed by atoms with Crippen LogP contribution in [0.4, 0.5) is 21.6 Å². The zero-order chi connectivity index (χ0) is 24.1. The lowest BCUT2D eigenvalue weighted by molar-refractivity contribution is -0.123. The lowest BCUT2D eigenvalue weighted by Gasteiger charge is -2.19. The number of carbonyl (C=O) groups excluding carboxylic acids is 1. The molecule has 0 aliphatic heterocycles. The molecule has 2 N–H and O–H groups in total. The van der Waals surface area contributed by atoms with Gasteiger partial charge in [0, 0.05) is 43.9 Å². The van der Waals surface area contributed by atoms with E-state index in [-0.39, 0.29) is 17.0 Å². The molecular formula is C25H27ClFN5O2. The normalized spacial score (nSPS) is 14.0. The molecule has 7 nitrogen and oxygen atoms in total. The van der Waals surface area contributed by atoms with Crippen molar-refractivity contribution in [1.82, 2.24) is 14.9 Å². The van der Waals surface area contributed by atoms with Gasteiger partial charge in [0.25, 0.3) is 0 Å². The summed E-state index contributed by atoms with van der Waals surface area (Å²) in [4.78, 5) is 22.1. The third-order valence-corrected chi connectivity index (χ3v) is 5.92. The highest BCUT2D eigenvalue weighted by Crippen LogP contribution is 2.36. The molecule has 1 amide bonds. The second kappa shape index (κ2) is 10.7. The number of fused-ring (bicyclic) bond motifs is 1. The average molecular weight is 484 g/mol. The number of nitrogens with zero attached hydrogens (tertiary/aromatic N) is 3. The molecule has 178 valence electrons. The number of carbonyl (C=O) groups is 1. The van der Waals surface area contributed by atoms with Crippen LogP contribution in [0, 0.1) is 5.82 Å². The van der Waals surface area contributed by atoms with Crippen molar-refractivity contribution >= 4 is 45.6 Å². The predicted molar refractivity (Wildman–Crippen MR) is 133 cm³/mol. The van der Waals surface area contributed by atoms with Gasteiger partial charge in [-0.1, -0.05) is 17.7 Å². The third-order valence-electron chi connectivity index (χ3n) is 5.63. The van der Waals surface area contributed by atoms with Crippen LogP contribution >= 0.6 is 11.6 Å². The van der Waals surface area contributed by atoms with E-state index in [0.717, 1.165) is 36.8 Å². The fourth-order valence-electron chi connectivity index (χ4n) is 3.79. The summed E-state index contributed by atoms with van der Waals surface area (Å²) in [5.74, 6) is 0.698. The van der Waals surface area contributed by atoms with E-state index in [9.17, 15) is 9.18 Å². The lowest BCUT2D eigenvalue weighted by Crippen LogP contribution is -2.19. The monoisotopic (exact) mass is 483 g/mol. The molecule has 1 aliphatic carbocycles. The summed E-state index contributed by atoms with van der Waals surface area (Å²) in [5.41, 5.74) is 2.09. The van der Waals surface area contributed by atoms with Gasteiger partial charge in [-0.05, 0) is 49.9 Å². The van der Waals surface area contributed by atoms with Crippen molar-refractivity contribution in [1.29, 1.82) is 0 Å². The Kier molecular flexibility index (Phi) is 7.47. The Morgan fingerprint density at radius 3 is 2.76 bits per heavy atom. The van der Waals surface area contributed by atoms with Crippen LogP contribution in [-0.2, 0) is 4.79 Å². The van der Waals surface area contributed by atoms with E-state index < -0.39 is 5.82 Å². The van der Waals surface area contributed by atoms with Gasteiger partial charge < -0.3 is 20.3 Å². The number of amides is 1. The maximum Gasteiger partial charge on any atom is 0.245 e. The molecule has 0 saturated heterocycles. The van der Waals surface area contributed by atoms with Crippen LogP contribution in [0.2, 0.25) is 5.02 Å². The first-order valence-corrected chi connectivity index (χ1v) is 11.6. The van der Waals surface area contributed by atoms with Crippen LogP contribution in [0.15, 0.2) is 48.8 Å². The molecule has 0 bridgehead atoms. The second-order valence-corrected chi connectivity index (χ2v) is 8.79. The Balaban J connectivity index is 1.65. The summed E-state index contributed by atoms with van der Waals surface area (Å²) < 4.78 is 19.9. The van der Waals surface area contributed by atoms with Crippen LogP contribution in [0.25, 0.3) is 10.9 Å². The Labute approximate surface area is 203 Å². The van der Waals surface area contributed by atoms with Gasteiger partial charge >= 0.3 is 0 Å². The van der Waals surface area contributed by atoms with E-state index in [0.29, 0.717) is 29.3 Å². The molecule has 0 radical (unpaired) electrons. The first-order valence-electron chi connectivity index (χ1n) is 11.2. The molecule has 0 unspecified atom stereocenters. The van der Waals surface area contributed by atoms with Gasteiger partial charge in [-0.25, -0.2) is 14.4 Å². The van der Waals surface area contributed by atoms with E-state index in [1.54, 1.807) is 26.2 Å². The zero-order valence-corrected chi connectivity index (χ0v) is 19.9. The first kappa shape index (κ1) is 23.8. The maximum atomic E-state index is 13.6. The summed E-state index contributed by atoms with van der Waals surface area (Å²) in [5, 5.41) is 7.33. The highest BCUT2D eigenvalue weighted by Gasteiger charge is 2.19. The standard InChI is InChI=1S/C25H27ClFN5O2/c1-32(2)24(33)8-5-11-28-22-13-18-21(14-23(22)34-17-6-3-4-7-17)29-15-30-25(18)31-16-9-10-20(27)19(26)12-16/h5,8-10,12-15,17,28H,3-4,6-7,11H2,1-2H3,(H,29,30,31). The molecule has 3 aromatic rings. The largest absolute Gasteiger partial charge is 0.488 e. The number of nitrogens with one attached hydrogen (secondary N) is 2. The molecule has 1 saturated carbocycles. The lowest BCUT2D eigenvalue weighted by atomic mass is 10.1. The van der Waals surface area contributed by atoms with E-state index in [1.165, 1.54) is 29.4 Å². The Hall–Kier alpha value is -3.39. The van der Waals surface area contributed by atoms with Crippen LogP contribution < -0.4 is 15.4 Å². The fourth-order valence-corrected chi connectivity index (χ4v) is 3.97. The van der Waals surface area contributed by atoms with Crippen molar-refractivity contribution in [3.63, 3.8) is 0 Å². The van der Waals surface area contributed by atoms with E-state index in [2.05, 4.69) is 20.6 Å². The van der Waals surface area contributed by atoms with E-state index in [1.807, 2.05) is 12.1 Å². The predicted octanol–water partition coefficient (Wildman–Crippen LogP) is 5.54. The van der Waals surface area contributed by atoms with Crippen molar-refractivity contribution in [2.75, 3.05) is 31.3 Å². The number of halogens is 2. The number of likely N-dealkylation sites (N-methyl/N-ethyl adjacent to an activating group) is 1. The van der Waals surface area contributed by atoms with Gasteiger partial charge in [0.15, 0.2) is 0 Å². The molecule has 4 rings (SSSR count). The van der Waals surface area contributed by atoms with Crippen LogP contribution in [0.1, 0.15) is 25.7 Å². The van der Waals surface area contributed by atoms with E-state index in [4.69, 9.17) is 16.3 Å². The van der Waals surface area contributed by atoms with E-state index >= 15 is 0 Å². The maximum absolute atomic E-state index is 13.6. The number of ether oxygens (including phenoxy) is 1. The summed E-state index contributed by atoms with van der Waals surface area (Å²) in [6.07, 6.45) is 9.31. The first-order chi connectivity index (χ1) is 16.4. The average Bonchev–Trinajstić information content (AvgIpc) is 3.32. The molecule has 9 heteroatoms. The minimum atomic E-state index is -0.485. The Morgan fingerprint density at radius 1 is 1.24 bits per heavy atom. The number of hydrogen-bond donors (Lipinski definition) is 2. The van der Waals surface area contributed by atoms with Gasteiger partial charge in [-0.15, -0.1) is 0 Å². The molecule has 1 fully saturated rings. The minimum Gasteiger partial charge on any atom is -0.488 e. The summed E-state index contributed by atoms with van der Waals surface area (Å²) in [7, 11) is 3.42. The van der Waals surface area contributed by atoms with Gasteiger partial charge in [-0.2, -0.15) is 0 Å². The Morgan fingerprint density at radius 2 is 2.03 bits per heavy atom. The van der Waals surface area contributed by atoms with Gasteiger partial charge in [0.1, 0.15) is 23.7 Å². The fraction of sp³-hybridized carbons (Fsp3) is 0.320. The molecule has 2 aromatic carbocycles. The highest BCUT2D eigenvalue weighted by atomic mass is 35.5. The highest BCUT2D eigenvalue weighted by molar-refractivity contribution is 6.31. The smallest absolute Gasteiger partial charge is 0.245 e. The molecule has 34 heavy (non-hydrogen) atoms. The molecule has 1 heterocycles. The summed E-state index contributed by atoms with van der Waals surface area (Å²) in [6, 6.07) is 8.23. The van der Waals surface area contributed by atoms with Crippen molar-refractivity contribution in [3.8, 4) is 5.75 Å². The summed E-state index contributed by atoms with van der Waals surface area (Å²) >= 11 is 5.93. The van der Waals surface area contributed by atoms with Crippen LogP contribution in [-0.4, -0.2) is 47.5 Å². The molecule has 1 aliphatic rings. The van der Waals surface area contributed by atoms with Gasteiger partial charge in [0.2, 0.25) is 5.91 Å². The van der Waals surface area contributed by atoms with Gasteiger partial charge in [0.05, 0.1) is 22.3 Å². The minimum absolute atomic E-state index is 0.0250. The van der Waals surface area contributed by atoms with Crippen LogP contribution in [0.5, 0.6) is 5.75 Å². The number of benzene rings is 2. The number of aromatic nitrogens is 2. The third kappa shape index (κ3) is 5.75. The Bertz CT molecular complexity index is 1210. The molecular weight excluding hydrogens is 457 g/mol. The quantitative estimate of drug-likeness (QED) is 0.409. The summed E-state index contributed by atoms with van der Waals surface area (Å²) in [6.45, 7) is 0.441. The number of hydrogen-bond acceptors (Lipinski definition) is 6.